The van der Waals surface area contributed by atoms with Gasteiger partial charge in [-0.15, -0.1) is 0 Å². The molecule has 1 N–H and O–H groups in total. The van der Waals surface area contributed by atoms with Gasteiger partial charge in [0.15, 0.2) is 0 Å². The van der Waals surface area contributed by atoms with E-state index in [1.165, 1.54) is 0 Å². The predicted octanol–water partition coefficient (Wildman–Crippen LogP) is 3.26. The highest BCUT2D eigenvalue weighted by atomic mass is 16.5. The largest absolute Gasteiger partial charge is 0.487 e. The molecule has 6 nitrogen and oxygen atoms in total. The summed E-state index contributed by atoms with van der Waals surface area (Å²) < 4.78 is 11.9. The van der Waals surface area contributed by atoms with Crippen molar-refractivity contribution in [1.82, 2.24) is 10.2 Å². The highest BCUT2D eigenvalue weighted by Gasteiger charge is 2.44. The molecule has 2 saturated heterocycles. The van der Waals surface area contributed by atoms with Gasteiger partial charge >= 0.3 is 0 Å². The number of para-hydroxylation sites is 1. The summed E-state index contributed by atoms with van der Waals surface area (Å²) in [6, 6.07) is 8.25. The van der Waals surface area contributed by atoms with E-state index in [-0.39, 0.29) is 35.3 Å². The fourth-order valence-electron chi connectivity index (χ4n) is 5.18. The number of hydrogen-bond donors (Lipinski definition) is 1. The summed E-state index contributed by atoms with van der Waals surface area (Å²) >= 11 is 0. The van der Waals surface area contributed by atoms with E-state index in [4.69, 9.17) is 9.47 Å². The minimum absolute atomic E-state index is 0.0917. The first-order valence-corrected chi connectivity index (χ1v) is 11.4. The SMILES string of the molecule is CC(C)NC(=O)C[C@@H]1CC2(CCN(C(=O)C3CCOCC3)CC2)Oc2ccccc21. The number of likely N-dealkylation sites (tertiary alicyclic amines) is 1. The lowest BCUT2D eigenvalue weighted by atomic mass is 9.76. The molecule has 30 heavy (non-hydrogen) atoms. The van der Waals surface area contributed by atoms with E-state index in [9.17, 15) is 9.59 Å². The number of ether oxygens (including phenoxy) is 2. The Morgan fingerprint density at radius 3 is 2.57 bits per heavy atom. The minimum atomic E-state index is -0.288. The lowest BCUT2D eigenvalue weighted by Gasteiger charge is -2.47. The zero-order valence-corrected chi connectivity index (χ0v) is 18.2. The zero-order chi connectivity index (χ0) is 21.1. The van der Waals surface area contributed by atoms with Gasteiger partial charge in [0.2, 0.25) is 11.8 Å². The van der Waals surface area contributed by atoms with Crippen LogP contribution in [-0.4, -0.2) is 54.7 Å². The van der Waals surface area contributed by atoms with Gasteiger partial charge < -0.3 is 19.7 Å². The Kier molecular flexibility index (Phi) is 6.32. The van der Waals surface area contributed by atoms with Crippen molar-refractivity contribution in [2.75, 3.05) is 26.3 Å². The number of rotatable bonds is 4. The number of carbonyl (C=O) groups excluding carboxylic acids is 2. The van der Waals surface area contributed by atoms with Gasteiger partial charge in [-0.3, -0.25) is 9.59 Å². The molecule has 2 fully saturated rings. The Morgan fingerprint density at radius 2 is 1.87 bits per heavy atom. The second-order valence-corrected chi connectivity index (χ2v) is 9.36. The maximum atomic E-state index is 12.9. The lowest BCUT2D eigenvalue weighted by Crippen LogP contribution is -2.53. The first-order valence-electron chi connectivity index (χ1n) is 11.4. The monoisotopic (exact) mass is 414 g/mol. The highest BCUT2D eigenvalue weighted by Crippen LogP contribution is 2.46. The second-order valence-electron chi connectivity index (χ2n) is 9.36. The van der Waals surface area contributed by atoms with Crippen LogP contribution in [0.15, 0.2) is 24.3 Å². The summed E-state index contributed by atoms with van der Waals surface area (Å²) in [5.74, 6) is 1.52. The third-order valence-electron chi connectivity index (χ3n) is 6.74. The van der Waals surface area contributed by atoms with Gasteiger partial charge in [-0.1, -0.05) is 18.2 Å². The van der Waals surface area contributed by atoms with Gasteiger partial charge in [0.05, 0.1) is 0 Å². The molecule has 0 radical (unpaired) electrons. The topological polar surface area (TPSA) is 67.9 Å². The summed E-state index contributed by atoms with van der Waals surface area (Å²) in [5.41, 5.74) is 0.839. The van der Waals surface area contributed by atoms with Crippen LogP contribution in [0.3, 0.4) is 0 Å². The predicted molar refractivity (Wildman–Crippen MR) is 114 cm³/mol. The van der Waals surface area contributed by atoms with E-state index >= 15 is 0 Å². The van der Waals surface area contributed by atoms with Crippen molar-refractivity contribution in [1.29, 1.82) is 0 Å². The number of hydrogen-bond acceptors (Lipinski definition) is 4. The van der Waals surface area contributed by atoms with Crippen molar-refractivity contribution >= 4 is 11.8 Å². The van der Waals surface area contributed by atoms with Crippen molar-refractivity contribution in [3.8, 4) is 5.75 Å². The van der Waals surface area contributed by atoms with Crippen molar-refractivity contribution in [2.24, 2.45) is 5.92 Å². The number of amides is 2. The van der Waals surface area contributed by atoms with Crippen LogP contribution in [0, 0.1) is 5.92 Å². The van der Waals surface area contributed by atoms with Crippen LogP contribution >= 0.6 is 0 Å². The molecule has 1 atom stereocenters. The number of piperidine rings is 1. The van der Waals surface area contributed by atoms with Gasteiger partial charge in [0.25, 0.3) is 0 Å². The van der Waals surface area contributed by atoms with Crippen molar-refractivity contribution < 1.29 is 19.1 Å². The fraction of sp³-hybridized carbons (Fsp3) is 0.667. The van der Waals surface area contributed by atoms with E-state index in [1.807, 2.05) is 36.9 Å². The molecule has 0 saturated carbocycles. The number of nitrogens with zero attached hydrogens (tertiary/aromatic N) is 1. The van der Waals surface area contributed by atoms with Gasteiger partial charge in [0.1, 0.15) is 11.4 Å². The molecular formula is C24H34N2O4. The highest BCUT2D eigenvalue weighted by molar-refractivity contribution is 5.79. The number of fused-ring (bicyclic) bond motifs is 1. The van der Waals surface area contributed by atoms with Crippen molar-refractivity contribution in [3.63, 3.8) is 0 Å². The molecular weight excluding hydrogens is 380 g/mol. The molecule has 1 spiro atoms. The van der Waals surface area contributed by atoms with Crippen molar-refractivity contribution in [2.45, 2.75) is 69.9 Å². The number of carbonyl (C=O) groups is 2. The molecule has 3 aliphatic rings. The molecule has 3 heterocycles. The quantitative estimate of drug-likeness (QED) is 0.821. The van der Waals surface area contributed by atoms with Gasteiger partial charge in [-0.25, -0.2) is 0 Å². The summed E-state index contributed by atoms with van der Waals surface area (Å²) in [7, 11) is 0. The zero-order valence-electron chi connectivity index (χ0n) is 18.2. The van der Waals surface area contributed by atoms with Gasteiger partial charge in [-0.05, 0) is 44.7 Å². The van der Waals surface area contributed by atoms with Gasteiger partial charge in [0, 0.05) is 63.4 Å². The smallest absolute Gasteiger partial charge is 0.225 e. The fourth-order valence-corrected chi connectivity index (χ4v) is 5.18. The first-order chi connectivity index (χ1) is 14.5. The molecule has 1 aromatic carbocycles. The van der Waals surface area contributed by atoms with Crippen LogP contribution in [0.25, 0.3) is 0 Å². The third kappa shape index (κ3) is 4.64. The molecule has 1 aromatic rings. The normalized spacial score (nSPS) is 23.7. The molecule has 6 heteroatoms. The average Bonchev–Trinajstić information content (AvgIpc) is 2.74. The van der Waals surface area contributed by atoms with Crippen LogP contribution in [0.5, 0.6) is 5.75 Å². The van der Waals surface area contributed by atoms with E-state index in [1.54, 1.807) is 0 Å². The minimum Gasteiger partial charge on any atom is -0.487 e. The molecule has 0 aliphatic carbocycles. The molecule has 0 unspecified atom stereocenters. The van der Waals surface area contributed by atoms with Crippen LogP contribution in [0.4, 0.5) is 0 Å². The molecule has 2 amide bonds. The lowest BCUT2D eigenvalue weighted by molar-refractivity contribution is -0.142. The number of nitrogens with one attached hydrogen (secondary N) is 1. The Hall–Kier alpha value is -2.08. The first kappa shape index (κ1) is 21.2. The third-order valence-corrected chi connectivity index (χ3v) is 6.74. The Bertz CT molecular complexity index is 764. The van der Waals surface area contributed by atoms with E-state index in [0.717, 1.165) is 56.5 Å². The molecule has 0 aromatic heterocycles. The summed E-state index contributed by atoms with van der Waals surface area (Å²) in [6.07, 6.45) is 4.60. The molecule has 3 aliphatic heterocycles. The second kappa shape index (κ2) is 8.96. The average molecular weight is 415 g/mol. The summed E-state index contributed by atoms with van der Waals surface area (Å²) in [5, 5.41) is 3.03. The van der Waals surface area contributed by atoms with Gasteiger partial charge in [-0.2, -0.15) is 0 Å². The molecule has 4 rings (SSSR count). The van der Waals surface area contributed by atoms with E-state index < -0.39 is 0 Å². The maximum Gasteiger partial charge on any atom is 0.225 e. The van der Waals surface area contributed by atoms with Crippen LogP contribution < -0.4 is 10.1 Å². The Labute approximate surface area is 179 Å². The van der Waals surface area contributed by atoms with Crippen LogP contribution in [0.1, 0.15) is 63.9 Å². The standard InChI is InChI=1S/C24H34N2O4/c1-17(2)25-22(27)15-19-16-24(30-21-6-4-3-5-20(19)21)9-11-26(12-10-24)23(28)18-7-13-29-14-8-18/h3-6,17-19H,7-16H2,1-2H3,(H,25,27)/t19-/m1/s1. The molecule has 164 valence electrons. The summed E-state index contributed by atoms with van der Waals surface area (Å²) in [6.45, 7) is 6.81. The number of benzene rings is 1. The Morgan fingerprint density at radius 1 is 1.17 bits per heavy atom. The molecule has 0 bridgehead atoms. The van der Waals surface area contributed by atoms with Crippen LogP contribution in [0.2, 0.25) is 0 Å². The van der Waals surface area contributed by atoms with E-state index in [0.29, 0.717) is 19.6 Å². The van der Waals surface area contributed by atoms with E-state index in [2.05, 4.69) is 11.4 Å². The summed E-state index contributed by atoms with van der Waals surface area (Å²) in [4.78, 5) is 27.4. The maximum absolute atomic E-state index is 12.9. The van der Waals surface area contributed by atoms with Crippen LogP contribution in [-0.2, 0) is 14.3 Å². The Balaban J connectivity index is 1.44. The van der Waals surface area contributed by atoms with Crippen molar-refractivity contribution in [3.05, 3.63) is 29.8 Å².